The average Bonchev–Trinajstić information content (AvgIpc) is 2.17. The van der Waals surface area contributed by atoms with Crippen LogP contribution in [0.1, 0.15) is 5.56 Å². The predicted octanol–water partition coefficient (Wildman–Crippen LogP) is 4.51. The highest BCUT2D eigenvalue weighted by molar-refractivity contribution is 6.35. The van der Waals surface area contributed by atoms with Crippen LogP contribution in [0.25, 0.3) is 10.8 Å². The molecular formula is C11H6ClF3. The Kier molecular flexibility index (Phi) is 2.35. The van der Waals surface area contributed by atoms with Gasteiger partial charge in [0.15, 0.2) is 0 Å². The number of hydrogen-bond donors (Lipinski definition) is 0. The second-order valence-corrected chi connectivity index (χ2v) is 3.55. The monoisotopic (exact) mass is 230 g/mol. The maximum absolute atomic E-state index is 12.6. The standard InChI is InChI=1S/C11H6ClF3/c12-10-6-5-9(11(13,14)15)7-3-1-2-4-8(7)10/h1-6H. The molecule has 0 saturated carbocycles. The molecule has 78 valence electrons. The zero-order valence-corrected chi connectivity index (χ0v) is 8.23. The van der Waals surface area contributed by atoms with Gasteiger partial charge >= 0.3 is 6.18 Å². The predicted molar refractivity (Wildman–Crippen MR) is 54.0 cm³/mol. The summed E-state index contributed by atoms with van der Waals surface area (Å²) >= 11 is 5.81. The van der Waals surface area contributed by atoms with Crippen molar-refractivity contribution in [2.45, 2.75) is 6.18 Å². The molecule has 0 fully saturated rings. The Morgan fingerprint density at radius 1 is 0.867 bits per heavy atom. The van der Waals surface area contributed by atoms with Crippen molar-refractivity contribution in [1.82, 2.24) is 0 Å². The first-order valence-electron chi connectivity index (χ1n) is 4.24. The van der Waals surface area contributed by atoms with Crippen molar-refractivity contribution in [3.63, 3.8) is 0 Å². The van der Waals surface area contributed by atoms with Crippen molar-refractivity contribution in [1.29, 1.82) is 0 Å². The second kappa shape index (κ2) is 3.42. The lowest BCUT2D eigenvalue weighted by atomic mass is 10.0. The van der Waals surface area contributed by atoms with Crippen LogP contribution in [-0.4, -0.2) is 0 Å². The molecule has 0 saturated heterocycles. The molecule has 2 rings (SSSR count). The van der Waals surface area contributed by atoms with Crippen molar-refractivity contribution < 1.29 is 13.2 Å². The van der Waals surface area contributed by atoms with Gasteiger partial charge in [-0.15, -0.1) is 0 Å². The Hall–Kier alpha value is -1.22. The fourth-order valence-corrected chi connectivity index (χ4v) is 1.74. The molecule has 0 heterocycles. The fraction of sp³-hybridized carbons (Fsp3) is 0.0909. The highest BCUT2D eigenvalue weighted by atomic mass is 35.5. The first-order valence-corrected chi connectivity index (χ1v) is 4.62. The summed E-state index contributed by atoms with van der Waals surface area (Å²) in [6.45, 7) is 0. The summed E-state index contributed by atoms with van der Waals surface area (Å²) in [4.78, 5) is 0. The SMILES string of the molecule is FC(F)(F)c1ccc(Cl)c2ccccc12. The summed E-state index contributed by atoms with van der Waals surface area (Å²) in [7, 11) is 0. The van der Waals surface area contributed by atoms with E-state index in [0.717, 1.165) is 6.07 Å². The van der Waals surface area contributed by atoms with Gasteiger partial charge in [-0.05, 0) is 17.5 Å². The molecule has 0 bridgehead atoms. The Bertz CT molecular complexity index is 503. The van der Waals surface area contributed by atoms with Gasteiger partial charge in [-0.2, -0.15) is 13.2 Å². The van der Waals surface area contributed by atoms with Crippen molar-refractivity contribution in [2.75, 3.05) is 0 Å². The van der Waals surface area contributed by atoms with E-state index in [4.69, 9.17) is 11.6 Å². The Morgan fingerprint density at radius 2 is 1.47 bits per heavy atom. The third kappa shape index (κ3) is 1.79. The summed E-state index contributed by atoms with van der Waals surface area (Å²) < 4.78 is 37.8. The third-order valence-electron chi connectivity index (χ3n) is 2.18. The van der Waals surface area contributed by atoms with E-state index in [1.165, 1.54) is 12.1 Å². The maximum atomic E-state index is 12.6. The van der Waals surface area contributed by atoms with E-state index in [9.17, 15) is 13.2 Å². The quantitative estimate of drug-likeness (QED) is 0.625. The smallest absolute Gasteiger partial charge is 0.166 e. The average molecular weight is 231 g/mol. The van der Waals surface area contributed by atoms with Gasteiger partial charge in [-0.1, -0.05) is 35.9 Å². The minimum absolute atomic E-state index is 0.137. The van der Waals surface area contributed by atoms with Crippen LogP contribution in [0.4, 0.5) is 13.2 Å². The van der Waals surface area contributed by atoms with Gasteiger partial charge in [-0.25, -0.2) is 0 Å². The lowest BCUT2D eigenvalue weighted by Gasteiger charge is -2.10. The van der Waals surface area contributed by atoms with E-state index in [0.29, 0.717) is 10.4 Å². The van der Waals surface area contributed by atoms with Gasteiger partial charge in [0.25, 0.3) is 0 Å². The number of benzene rings is 2. The summed E-state index contributed by atoms with van der Waals surface area (Å²) in [5.41, 5.74) is -0.650. The number of hydrogen-bond acceptors (Lipinski definition) is 0. The van der Waals surface area contributed by atoms with Gasteiger partial charge in [0.1, 0.15) is 0 Å². The first kappa shape index (κ1) is 10.3. The van der Waals surface area contributed by atoms with E-state index < -0.39 is 11.7 Å². The molecule has 0 aliphatic heterocycles. The van der Waals surface area contributed by atoms with Crippen molar-refractivity contribution in [3.8, 4) is 0 Å². The van der Waals surface area contributed by atoms with E-state index in [2.05, 4.69) is 0 Å². The second-order valence-electron chi connectivity index (χ2n) is 3.14. The molecule has 4 heteroatoms. The number of alkyl halides is 3. The third-order valence-corrected chi connectivity index (χ3v) is 2.51. The van der Waals surface area contributed by atoms with Crippen LogP contribution >= 0.6 is 11.6 Å². The lowest BCUT2D eigenvalue weighted by Crippen LogP contribution is -2.05. The number of fused-ring (bicyclic) bond motifs is 1. The zero-order valence-electron chi connectivity index (χ0n) is 7.48. The van der Waals surface area contributed by atoms with E-state index in [1.807, 2.05) is 0 Å². The molecular weight excluding hydrogens is 225 g/mol. The van der Waals surface area contributed by atoms with Crippen LogP contribution < -0.4 is 0 Å². The molecule has 0 spiro atoms. The Morgan fingerprint density at radius 3 is 2.07 bits per heavy atom. The topological polar surface area (TPSA) is 0 Å². The van der Waals surface area contributed by atoms with Gasteiger partial charge in [0, 0.05) is 10.4 Å². The highest BCUT2D eigenvalue weighted by Crippen LogP contribution is 2.36. The molecule has 0 aliphatic rings. The lowest BCUT2D eigenvalue weighted by molar-refractivity contribution is -0.136. The van der Waals surface area contributed by atoms with E-state index in [-0.39, 0.29) is 5.39 Å². The van der Waals surface area contributed by atoms with E-state index >= 15 is 0 Å². The largest absolute Gasteiger partial charge is 0.417 e. The van der Waals surface area contributed by atoms with Gasteiger partial charge in [0.2, 0.25) is 0 Å². The van der Waals surface area contributed by atoms with Crippen LogP contribution in [0.5, 0.6) is 0 Å². The molecule has 15 heavy (non-hydrogen) atoms. The van der Waals surface area contributed by atoms with Crippen molar-refractivity contribution in [3.05, 3.63) is 47.0 Å². The van der Waals surface area contributed by atoms with Crippen LogP contribution in [0.15, 0.2) is 36.4 Å². The molecule has 0 nitrogen and oxygen atoms in total. The first-order chi connectivity index (χ1) is 7.00. The zero-order chi connectivity index (χ0) is 11.1. The molecule has 0 aliphatic carbocycles. The van der Waals surface area contributed by atoms with Gasteiger partial charge in [0.05, 0.1) is 5.56 Å². The fourth-order valence-electron chi connectivity index (χ4n) is 1.51. The normalized spacial score (nSPS) is 12.0. The maximum Gasteiger partial charge on any atom is 0.417 e. The molecule has 0 unspecified atom stereocenters. The summed E-state index contributed by atoms with van der Waals surface area (Å²) in [6.07, 6.45) is -4.34. The molecule has 2 aromatic carbocycles. The summed E-state index contributed by atoms with van der Waals surface area (Å²) in [6, 6.07) is 8.50. The molecule has 2 aromatic rings. The molecule has 0 amide bonds. The van der Waals surface area contributed by atoms with Gasteiger partial charge in [-0.3, -0.25) is 0 Å². The minimum atomic E-state index is -4.34. The van der Waals surface area contributed by atoms with Crippen LogP contribution in [0.3, 0.4) is 0 Å². The van der Waals surface area contributed by atoms with Crippen molar-refractivity contribution >= 4 is 22.4 Å². The molecule has 0 radical (unpaired) electrons. The van der Waals surface area contributed by atoms with Crippen LogP contribution in [0.2, 0.25) is 5.02 Å². The highest BCUT2D eigenvalue weighted by Gasteiger charge is 2.32. The molecule has 0 aromatic heterocycles. The van der Waals surface area contributed by atoms with E-state index in [1.54, 1.807) is 18.2 Å². The summed E-state index contributed by atoms with van der Waals surface area (Å²) in [5, 5.41) is 0.894. The number of rotatable bonds is 0. The molecule has 0 N–H and O–H groups in total. The van der Waals surface area contributed by atoms with Crippen LogP contribution in [-0.2, 0) is 6.18 Å². The minimum Gasteiger partial charge on any atom is -0.166 e. The van der Waals surface area contributed by atoms with Crippen LogP contribution in [0, 0.1) is 0 Å². The van der Waals surface area contributed by atoms with Gasteiger partial charge < -0.3 is 0 Å². The number of halogens is 4. The summed E-state index contributed by atoms with van der Waals surface area (Å²) in [5.74, 6) is 0. The molecule has 0 atom stereocenters. The Balaban J connectivity index is 2.84. The Labute approximate surface area is 89.3 Å². The van der Waals surface area contributed by atoms with Crippen molar-refractivity contribution in [2.24, 2.45) is 0 Å².